The Morgan fingerprint density at radius 1 is 1.50 bits per heavy atom. The van der Waals surface area contributed by atoms with Crippen molar-refractivity contribution in [3.8, 4) is 0 Å². The molecule has 0 bridgehead atoms. The standard InChI is InChI=1S/C8H19N3O/c1-8(2,10-3)7(12)11-6-4-5-9/h10H,4-6,9H2,1-3H3,(H,11,12). The van der Waals surface area contributed by atoms with E-state index in [0.717, 1.165) is 6.42 Å². The molecule has 0 unspecified atom stereocenters. The van der Waals surface area contributed by atoms with Gasteiger partial charge in [-0.3, -0.25) is 4.79 Å². The van der Waals surface area contributed by atoms with Crippen molar-refractivity contribution >= 4 is 5.91 Å². The second-order valence-electron chi connectivity index (χ2n) is 3.27. The summed E-state index contributed by atoms with van der Waals surface area (Å²) in [5.74, 6) is 0.0125. The zero-order valence-corrected chi connectivity index (χ0v) is 8.11. The molecule has 0 aromatic heterocycles. The fourth-order valence-electron chi connectivity index (χ4n) is 0.638. The Kier molecular flexibility index (Phi) is 4.85. The first-order valence-corrected chi connectivity index (χ1v) is 4.22. The maximum Gasteiger partial charge on any atom is 0.239 e. The normalized spacial score (nSPS) is 11.3. The quantitative estimate of drug-likeness (QED) is 0.489. The van der Waals surface area contributed by atoms with Crippen LogP contribution < -0.4 is 16.4 Å². The minimum Gasteiger partial charge on any atom is -0.354 e. The van der Waals surface area contributed by atoms with Crippen molar-refractivity contribution in [3.63, 3.8) is 0 Å². The number of carbonyl (C=O) groups excluding carboxylic acids is 1. The van der Waals surface area contributed by atoms with E-state index in [9.17, 15) is 4.79 Å². The van der Waals surface area contributed by atoms with Crippen LogP contribution in [-0.4, -0.2) is 31.6 Å². The number of nitrogens with one attached hydrogen (secondary N) is 2. The predicted octanol–water partition coefficient (Wildman–Crippen LogP) is -0.551. The van der Waals surface area contributed by atoms with Crippen LogP contribution in [0.15, 0.2) is 0 Å². The first-order valence-electron chi connectivity index (χ1n) is 4.22. The summed E-state index contributed by atoms with van der Waals surface area (Å²) in [6.45, 7) is 4.94. The lowest BCUT2D eigenvalue weighted by molar-refractivity contribution is -0.126. The fraction of sp³-hybridized carbons (Fsp3) is 0.875. The van der Waals surface area contributed by atoms with E-state index < -0.39 is 5.54 Å². The molecule has 0 saturated heterocycles. The van der Waals surface area contributed by atoms with E-state index in [4.69, 9.17) is 5.73 Å². The van der Waals surface area contributed by atoms with Gasteiger partial charge in [-0.2, -0.15) is 0 Å². The maximum absolute atomic E-state index is 11.4. The summed E-state index contributed by atoms with van der Waals surface area (Å²) in [6, 6.07) is 0. The Morgan fingerprint density at radius 3 is 2.50 bits per heavy atom. The Bertz CT molecular complexity index is 145. The SMILES string of the molecule is CNC(C)(C)C(=O)NCCCN. The lowest BCUT2D eigenvalue weighted by Crippen LogP contribution is -2.51. The molecule has 0 aliphatic rings. The van der Waals surface area contributed by atoms with Crippen molar-refractivity contribution in [2.45, 2.75) is 25.8 Å². The molecule has 4 N–H and O–H groups in total. The molecular formula is C8H19N3O. The lowest BCUT2D eigenvalue weighted by Gasteiger charge is -2.22. The van der Waals surface area contributed by atoms with E-state index in [1.807, 2.05) is 13.8 Å². The Labute approximate surface area is 73.9 Å². The van der Waals surface area contributed by atoms with Crippen LogP contribution in [0.4, 0.5) is 0 Å². The summed E-state index contributed by atoms with van der Waals surface area (Å²) in [4.78, 5) is 11.4. The Hall–Kier alpha value is -0.610. The minimum absolute atomic E-state index is 0.0125. The van der Waals surface area contributed by atoms with Gasteiger partial charge in [0.2, 0.25) is 5.91 Å². The summed E-state index contributed by atoms with van der Waals surface area (Å²) < 4.78 is 0. The summed E-state index contributed by atoms with van der Waals surface area (Å²) in [5.41, 5.74) is 4.80. The second-order valence-corrected chi connectivity index (χ2v) is 3.27. The number of nitrogens with two attached hydrogens (primary N) is 1. The van der Waals surface area contributed by atoms with Gasteiger partial charge in [-0.15, -0.1) is 0 Å². The molecule has 0 spiro atoms. The van der Waals surface area contributed by atoms with Gasteiger partial charge in [0.05, 0.1) is 5.54 Å². The lowest BCUT2D eigenvalue weighted by atomic mass is 10.1. The highest BCUT2D eigenvalue weighted by molar-refractivity contribution is 5.85. The summed E-state index contributed by atoms with van der Waals surface area (Å²) >= 11 is 0. The van der Waals surface area contributed by atoms with Crippen LogP contribution in [0.1, 0.15) is 20.3 Å². The third-order valence-electron chi connectivity index (χ3n) is 1.86. The van der Waals surface area contributed by atoms with Gasteiger partial charge in [0.1, 0.15) is 0 Å². The van der Waals surface area contributed by atoms with E-state index in [1.54, 1.807) is 7.05 Å². The molecule has 1 amide bonds. The Morgan fingerprint density at radius 2 is 2.08 bits per heavy atom. The molecule has 0 saturated carbocycles. The predicted molar refractivity (Wildman–Crippen MR) is 49.8 cm³/mol. The summed E-state index contributed by atoms with van der Waals surface area (Å²) in [7, 11) is 1.77. The van der Waals surface area contributed by atoms with Gasteiger partial charge in [0, 0.05) is 6.54 Å². The topological polar surface area (TPSA) is 67.2 Å². The first kappa shape index (κ1) is 11.4. The van der Waals surface area contributed by atoms with E-state index in [0.29, 0.717) is 13.1 Å². The van der Waals surface area contributed by atoms with Crippen molar-refractivity contribution in [2.75, 3.05) is 20.1 Å². The smallest absolute Gasteiger partial charge is 0.239 e. The molecule has 0 aliphatic carbocycles. The number of amides is 1. The van der Waals surface area contributed by atoms with Gasteiger partial charge in [-0.05, 0) is 33.9 Å². The van der Waals surface area contributed by atoms with Gasteiger partial charge in [-0.1, -0.05) is 0 Å². The van der Waals surface area contributed by atoms with Crippen molar-refractivity contribution in [2.24, 2.45) is 5.73 Å². The van der Waals surface area contributed by atoms with Crippen LogP contribution in [0.3, 0.4) is 0 Å². The zero-order valence-electron chi connectivity index (χ0n) is 8.11. The minimum atomic E-state index is -0.491. The number of hydrogen-bond acceptors (Lipinski definition) is 3. The molecule has 0 aromatic carbocycles. The fourth-order valence-corrected chi connectivity index (χ4v) is 0.638. The van der Waals surface area contributed by atoms with Crippen molar-refractivity contribution in [1.82, 2.24) is 10.6 Å². The van der Waals surface area contributed by atoms with E-state index in [1.165, 1.54) is 0 Å². The van der Waals surface area contributed by atoms with Crippen molar-refractivity contribution < 1.29 is 4.79 Å². The molecule has 0 fully saturated rings. The molecule has 0 heterocycles. The zero-order chi connectivity index (χ0) is 9.61. The van der Waals surface area contributed by atoms with Gasteiger partial charge in [0.15, 0.2) is 0 Å². The highest BCUT2D eigenvalue weighted by Crippen LogP contribution is 1.99. The molecular weight excluding hydrogens is 154 g/mol. The Balaban J connectivity index is 3.72. The highest BCUT2D eigenvalue weighted by atomic mass is 16.2. The van der Waals surface area contributed by atoms with Crippen molar-refractivity contribution in [1.29, 1.82) is 0 Å². The van der Waals surface area contributed by atoms with Crippen LogP contribution in [-0.2, 0) is 4.79 Å². The monoisotopic (exact) mass is 173 g/mol. The van der Waals surface area contributed by atoms with Gasteiger partial charge in [-0.25, -0.2) is 0 Å². The molecule has 0 aromatic rings. The first-order chi connectivity index (χ1) is 5.54. The maximum atomic E-state index is 11.4. The number of carbonyl (C=O) groups is 1. The molecule has 0 aliphatic heterocycles. The van der Waals surface area contributed by atoms with Gasteiger partial charge in [0.25, 0.3) is 0 Å². The summed E-state index contributed by atoms with van der Waals surface area (Å²) in [6.07, 6.45) is 0.825. The summed E-state index contributed by atoms with van der Waals surface area (Å²) in [5, 5.41) is 5.72. The molecule has 0 atom stereocenters. The number of hydrogen-bond donors (Lipinski definition) is 3. The molecule has 72 valence electrons. The second kappa shape index (κ2) is 5.11. The van der Waals surface area contributed by atoms with E-state index in [2.05, 4.69) is 10.6 Å². The number of likely N-dealkylation sites (N-methyl/N-ethyl adjacent to an activating group) is 1. The van der Waals surface area contributed by atoms with Crippen LogP contribution in [0.5, 0.6) is 0 Å². The molecule has 4 heteroatoms. The van der Waals surface area contributed by atoms with Crippen LogP contribution >= 0.6 is 0 Å². The van der Waals surface area contributed by atoms with Crippen LogP contribution in [0.2, 0.25) is 0 Å². The van der Waals surface area contributed by atoms with Gasteiger partial charge < -0.3 is 16.4 Å². The van der Waals surface area contributed by atoms with E-state index in [-0.39, 0.29) is 5.91 Å². The molecule has 12 heavy (non-hydrogen) atoms. The average molecular weight is 173 g/mol. The largest absolute Gasteiger partial charge is 0.354 e. The van der Waals surface area contributed by atoms with Gasteiger partial charge >= 0.3 is 0 Å². The highest BCUT2D eigenvalue weighted by Gasteiger charge is 2.23. The molecule has 0 radical (unpaired) electrons. The average Bonchev–Trinajstić information content (AvgIpc) is 2.05. The third kappa shape index (κ3) is 3.69. The third-order valence-corrected chi connectivity index (χ3v) is 1.86. The number of rotatable bonds is 5. The molecule has 0 rings (SSSR count). The van der Waals surface area contributed by atoms with E-state index >= 15 is 0 Å². The van der Waals surface area contributed by atoms with Crippen LogP contribution in [0, 0.1) is 0 Å². The van der Waals surface area contributed by atoms with Crippen LogP contribution in [0.25, 0.3) is 0 Å². The molecule has 4 nitrogen and oxygen atoms in total. The van der Waals surface area contributed by atoms with Crippen molar-refractivity contribution in [3.05, 3.63) is 0 Å².